The summed E-state index contributed by atoms with van der Waals surface area (Å²) in [6.45, 7) is 7.07. The zero-order chi connectivity index (χ0) is 19.5. The summed E-state index contributed by atoms with van der Waals surface area (Å²) >= 11 is 0. The van der Waals surface area contributed by atoms with Gasteiger partial charge in [-0.05, 0) is 56.2 Å². The Hall–Kier alpha value is -2.17. The second-order valence-electron chi connectivity index (χ2n) is 8.28. The van der Waals surface area contributed by atoms with Gasteiger partial charge in [-0.25, -0.2) is 0 Å². The van der Waals surface area contributed by atoms with Crippen molar-refractivity contribution >= 4 is 6.08 Å². The van der Waals surface area contributed by atoms with E-state index in [4.69, 9.17) is 4.74 Å². The highest BCUT2D eigenvalue weighted by molar-refractivity contribution is 5.48. The van der Waals surface area contributed by atoms with Crippen molar-refractivity contribution in [2.75, 3.05) is 19.6 Å². The number of aryl methyl sites for hydroxylation is 2. The number of nitrogens with zero attached hydrogens (tertiary/aromatic N) is 2. The summed E-state index contributed by atoms with van der Waals surface area (Å²) in [6, 6.07) is 14.4. The predicted octanol–water partition coefficient (Wildman–Crippen LogP) is 3.86. The number of fused-ring (bicyclic) bond motifs is 1. The third-order valence-electron chi connectivity index (χ3n) is 6.09. The maximum absolute atomic E-state index is 10.7. The van der Waals surface area contributed by atoms with E-state index < -0.39 is 6.10 Å². The summed E-state index contributed by atoms with van der Waals surface area (Å²) in [6.07, 6.45) is 5.64. The van der Waals surface area contributed by atoms with Gasteiger partial charge < -0.3 is 9.84 Å². The van der Waals surface area contributed by atoms with Crippen molar-refractivity contribution in [1.29, 1.82) is 0 Å². The van der Waals surface area contributed by atoms with Crippen LogP contribution in [0.2, 0.25) is 0 Å². The van der Waals surface area contributed by atoms with E-state index in [0.717, 1.165) is 49.6 Å². The number of pyridine rings is 1. The molecule has 4 nitrogen and oxygen atoms in total. The van der Waals surface area contributed by atoms with E-state index in [0.29, 0.717) is 11.8 Å². The van der Waals surface area contributed by atoms with E-state index in [2.05, 4.69) is 46.3 Å². The standard InChI is InChI=1S/C24H30N2O2/c1-17-10-11-23(18(2)25-17)28-24-14-21-16-26(15-20(21)13-22(24)27)12-6-9-19-7-4-3-5-8-19/h3-11,20-22,24,27H,12-16H2,1-2H3/b9-6+/t20-,21+,22+,24+/m0/s1. The predicted molar refractivity (Wildman–Crippen MR) is 112 cm³/mol. The van der Waals surface area contributed by atoms with Gasteiger partial charge in [0.05, 0.1) is 11.8 Å². The number of rotatable bonds is 5. The number of hydrogen-bond donors (Lipinski definition) is 1. The van der Waals surface area contributed by atoms with Gasteiger partial charge in [-0.15, -0.1) is 0 Å². The van der Waals surface area contributed by atoms with Gasteiger partial charge in [0.2, 0.25) is 0 Å². The van der Waals surface area contributed by atoms with Gasteiger partial charge in [0.15, 0.2) is 0 Å². The molecule has 4 atom stereocenters. The minimum atomic E-state index is -0.401. The number of ether oxygens (including phenoxy) is 1. The van der Waals surface area contributed by atoms with E-state index in [-0.39, 0.29) is 6.10 Å². The molecule has 1 aromatic carbocycles. The Morgan fingerprint density at radius 1 is 1.07 bits per heavy atom. The van der Waals surface area contributed by atoms with Crippen molar-refractivity contribution < 1.29 is 9.84 Å². The molecule has 1 saturated carbocycles. The molecule has 1 aromatic heterocycles. The van der Waals surface area contributed by atoms with Gasteiger partial charge >= 0.3 is 0 Å². The fourth-order valence-electron chi connectivity index (χ4n) is 4.63. The van der Waals surface area contributed by atoms with Gasteiger partial charge in [-0.3, -0.25) is 9.88 Å². The second-order valence-corrected chi connectivity index (χ2v) is 8.28. The first-order chi connectivity index (χ1) is 13.6. The Bertz CT molecular complexity index is 821. The number of aromatic nitrogens is 1. The largest absolute Gasteiger partial charge is 0.486 e. The zero-order valence-corrected chi connectivity index (χ0v) is 16.8. The van der Waals surface area contributed by atoms with Crippen LogP contribution in [0.15, 0.2) is 48.5 Å². The van der Waals surface area contributed by atoms with E-state index in [9.17, 15) is 5.11 Å². The number of hydrogen-bond acceptors (Lipinski definition) is 4. The van der Waals surface area contributed by atoms with Gasteiger partial charge in [0.25, 0.3) is 0 Å². The minimum absolute atomic E-state index is 0.135. The van der Waals surface area contributed by atoms with Crippen LogP contribution < -0.4 is 4.74 Å². The molecule has 1 N–H and O–H groups in total. The number of benzene rings is 1. The van der Waals surface area contributed by atoms with Crippen molar-refractivity contribution in [1.82, 2.24) is 9.88 Å². The molecule has 28 heavy (non-hydrogen) atoms. The van der Waals surface area contributed by atoms with Crippen LogP contribution in [0.4, 0.5) is 0 Å². The van der Waals surface area contributed by atoms with E-state index >= 15 is 0 Å². The highest BCUT2D eigenvalue weighted by atomic mass is 16.5. The molecule has 0 bridgehead atoms. The van der Waals surface area contributed by atoms with E-state index in [1.54, 1.807) is 0 Å². The molecule has 4 rings (SSSR count). The van der Waals surface area contributed by atoms with Crippen LogP contribution in [0.1, 0.15) is 29.8 Å². The highest BCUT2D eigenvalue weighted by Gasteiger charge is 2.42. The molecule has 0 amide bonds. The molecule has 2 aliphatic rings. The number of aliphatic hydroxyl groups excluding tert-OH is 1. The van der Waals surface area contributed by atoms with Crippen LogP contribution in [-0.2, 0) is 0 Å². The summed E-state index contributed by atoms with van der Waals surface area (Å²) in [5, 5.41) is 10.7. The molecule has 4 heteroatoms. The van der Waals surface area contributed by atoms with Crippen LogP contribution in [0.5, 0.6) is 5.75 Å². The lowest BCUT2D eigenvalue weighted by Gasteiger charge is -2.35. The molecule has 0 unspecified atom stereocenters. The average Bonchev–Trinajstić information content (AvgIpc) is 3.06. The van der Waals surface area contributed by atoms with Crippen LogP contribution in [0, 0.1) is 25.7 Å². The maximum Gasteiger partial charge on any atom is 0.141 e. The summed E-state index contributed by atoms with van der Waals surface area (Å²) in [5.74, 6) is 1.96. The molecule has 2 heterocycles. The summed E-state index contributed by atoms with van der Waals surface area (Å²) in [5.41, 5.74) is 3.13. The quantitative estimate of drug-likeness (QED) is 0.858. The van der Waals surface area contributed by atoms with Crippen molar-refractivity contribution in [3.8, 4) is 5.75 Å². The zero-order valence-electron chi connectivity index (χ0n) is 16.8. The van der Waals surface area contributed by atoms with Gasteiger partial charge in [0.1, 0.15) is 11.9 Å². The lowest BCUT2D eigenvalue weighted by atomic mass is 9.78. The Kier molecular flexibility index (Phi) is 5.79. The Balaban J connectivity index is 1.33. The van der Waals surface area contributed by atoms with Crippen LogP contribution in [0.25, 0.3) is 6.08 Å². The van der Waals surface area contributed by atoms with Crippen molar-refractivity contribution in [3.05, 3.63) is 65.5 Å². The molecule has 0 radical (unpaired) electrons. The molecule has 1 aliphatic heterocycles. The normalized spacial score (nSPS) is 27.8. The average molecular weight is 379 g/mol. The van der Waals surface area contributed by atoms with Crippen molar-refractivity contribution in [2.24, 2.45) is 11.8 Å². The third-order valence-corrected chi connectivity index (χ3v) is 6.09. The summed E-state index contributed by atoms with van der Waals surface area (Å²) in [4.78, 5) is 6.98. The fourth-order valence-corrected chi connectivity index (χ4v) is 4.63. The van der Waals surface area contributed by atoms with E-state index in [1.807, 2.05) is 32.0 Å². The Morgan fingerprint density at radius 2 is 1.82 bits per heavy atom. The van der Waals surface area contributed by atoms with E-state index in [1.165, 1.54) is 5.56 Å². The Labute approximate surface area is 167 Å². The molecule has 2 aromatic rings. The van der Waals surface area contributed by atoms with Crippen molar-refractivity contribution in [2.45, 2.75) is 38.9 Å². The minimum Gasteiger partial charge on any atom is -0.486 e. The van der Waals surface area contributed by atoms with Crippen LogP contribution >= 0.6 is 0 Å². The second kappa shape index (κ2) is 8.46. The molecule has 148 valence electrons. The first kappa shape index (κ1) is 19.2. The van der Waals surface area contributed by atoms with Crippen LogP contribution in [-0.4, -0.2) is 46.8 Å². The van der Waals surface area contributed by atoms with Gasteiger partial charge in [-0.2, -0.15) is 0 Å². The molecular weight excluding hydrogens is 348 g/mol. The lowest BCUT2D eigenvalue weighted by molar-refractivity contribution is -0.0236. The topological polar surface area (TPSA) is 45.6 Å². The third kappa shape index (κ3) is 4.45. The molecule has 1 saturated heterocycles. The lowest BCUT2D eigenvalue weighted by Crippen LogP contribution is -2.42. The number of aliphatic hydroxyl groups is 1. The number of likely N-dealkylation sites (tertiary alicyclic amines) is 1. The van der Waals surface area contributed by atoms with Crippen molar-refractivity contribution in [3.63, 3.8) is 0 Å². The monoisotopic (exact) mass is 378 g/mol. The molecule has 0 spiro atoms. The van der Waals surface area contributed by atoms with Crippen LogP contribution in [0.3, 0.4) is 0 Å². The summed E-state index contributed by atoms with van der Waals surface area (Å²) < 4.78 is 6.19. The van der Waals surface area contributed by atoms with Gasteiger partial charge in [-0.1, -0.05) is 42.5 Å². The summed E-state index contributed by atoms with van der Waals surface area (Å²) in [7, 11) is 0. The maximum atomic E-state index is 10.7. The molecular formula is C24H30N2O2. The van der Waals surface area contributed by atoms with Gasteiger partial charge in [0, 0.05) is 25.3 Å². The highest BCUT2D eigenvalue weighted by Crippen LogP contribution is 2.38. The molecule has 2 fully saturated rings. The fraction of sp³-hybridized carbons (Fsp3) is 0.458. The Morgan fingerprint density at radius 3 is 2.57 bits per heavy atom. The first-order valence-electron chi connectivity index (χ1n) is 10.3. The first-order valence-corrected chi connectivity index (χ1v) is 10.3. The SMILES string of the molecule is Cc1ccc(O[C@@H]2C[C@@H]3CN(C/C=C/c4ccccc4)C[C@@H]3C[C@H]2O)c(C)n1. The molecule has 1 aliphatic carbocycles. The smallest absolute Gasteiger partial charge is 0.141 e.